The topological polar surface area (TPSA) is 80.8 Å². The van der Waals surface area contributed by atoms with Gasteiger partial charge in [-0.15, -0.1) is 0 Å². The number of nitrogens with zero attached hydrogens (tertiary/aromatic N) is 2. The molecule has 7 heteroatoms. The second kappa shape index (κ2) is 11.3. The van der Waals surface area contributed by atoms with Gasteiger partial charge in [0.2, 0.25) is 5.91 Å². The first kappa shape index (κ1) is 24.6. The number of carbonyl (C=O) groups is 2. The molecule has 1 saturated heterocycles. The minimum atomic E-state index is -0.171. The Hall–Kier alpha value is -3.09. The molecule has 3 aliphatic heterocycles. The highest BCUT2D eigenvalue weighted by molar-refractivity contribution is 5.76. The Morgan fingerprint density at radius 1 is 1.17 bits per heavy atom. The minimum absolute atomic E-state index is 0.124. The first-order valence-corrected chi connectivity index (χ1v) is 13.4. The van der Waals surface area contributed by atoms with Crippen molar-refractivity contribution in [3.63, 3.8) is 0 Å². The standard InChI is InChI=1S/C29H37N3O4/c1-35-28(34)19-24(22-5-8-26-23(18-22)12-16-36-26)17-20-10-14-32(15-11-20)27(33)9-7-25-6-4-21-3-2-13-30-29(21)31-25/h4-6,8,18,20,24H,2-3,7,9-17,19H2,1H3,(H,30,31). The number of piperidine rings is 1. The van der Waals surface area contributed by atoms with Crippen molar-refractivity contribution in [2.75, 3.05) is 38.7 Å². The second-order valence-corrected chi connectivity index (χ2v) is 10.3. The number of likely N-dealkylation sites (tertiary alicyclic amines) is 1. The lowest BCUT2D eigenvalue weighted by atomic mass is 9.81. The first-order chi connectivity index (χ1) is 17.6. The fraction of sp³-hybridized carbons (Fsp3) is 0.552. The van der Waals surface area contributed by atoms with Crippen LogP contribution in [0.4, 0.5) is 5.82 Å². The molecule has 1 unspecified atom stereocenters. The summed E-state index contributed by atoms with van der Waals surface area (Å²) in [5.41, 5.74) is 4.68. The van der Waals surface area contributed by atoms with Crippen molar-refractivity contribution in [2.24, 2.45) is 5.92 Å². The zero-order valence-electron chi connectivity index (χ0n) is 21.3. The van der Waals surface area contributed by atoms with E-state index in [1.165, 1.54) is 23.8 Å². The average molecular weight is 492 g/mol. The predicted octanol–water partition coefficient (Wildman–Crippen LogP) is 4.28. The summed E-state index contributed by atoms with van der Waals surface area (Å²) in [4.78, 5) is 31.8. The Morgan fingerprint density at radius 2 is 2.03 bits per heavy atom. The molecule has 5 rings (SSSR count). The van der Waals surface area contributed by atoms with Crippen molar-refractivity contribution in [1.29, 1.82) is 0 Å². The molecule has 1 amide bonds. The van der Waals surface area contributed by atoms with Crippen LogP contribution in [0.1, 0.15) is 66.8 Å². The van der Waals surface area contributed by atoms with Crippen molar-refractivity contribution in [3.05, 3.63) is 52.7 Å². The molecule has 36 heavy (non-hydrogen) atoms. The van der Waals surface area contributed by atoms with Crippen LogP contribution < -0.4 is 10.1 Å². The quantitative estimate of drug-likeness (QED) is 0.555. The Balaban J connectivity index is 1.13. The number of ether oxygens (including phenoxy) is 2. The highest BCUT2D eigenvalue weighted by Gasteiger charge is 2.28. The van der Waals surface area contributed by atoms with Gasteiger partial charge in [0, 0.05) is 38.2 Å². The number of rotatable bonds is 8. The van der Waals surface area contributed by atoms with Crippen LogP contribution in [0.25, 0.3) is 0 Å². The van der Waals surface area contributed by atoms with Crippen molar-refractivity contribution in [2.45, 2.75) is 63.7 Å². The van der Waals surface area contributed by atoms with E-state index < -0.39 is 0 Å². The summed E-state index contributed by atoms with van der Waals surface area (Å²) in [7, 11) is 1.45. The molecule has 0 radical (unpaired) electrons. The highest BCUT2D eigenvalue weighted by atomic mass is 16.5. The summed E-state index contributed by atoms with van der Waals surface area (Å²) in [6, 6.07) is 10.6. The summed E-state index contributed by atoms with van der Waals surface area (Å²) in [6.45, 7) is 3.27. The van der Waals surface area contributed by atoms with Gasteiger partial charge >= 0.3 is 5.97 Å². The molecule has 7 nitrogen and oxygen atoms in total. The smallest absolute Gasteiger partial charge is 0.306 e. The van der Waals surface area contributed by atoms with E-state index in [9.17, 15) is 9.59 Å². The van der Waals surface area contributed by atoms with Gasteiger partial charge in [0.15, 0.2) is 0 Å². The number of aromatic nitrogens is 1. The largest absolute Gasteiger partial charge is 0.493 e. The summed E-state index contributed by atoms with van der Waals surface area (Å²) >= 11 is 0. The zero-order valence-corrected chi connectivity index (χ0v) is 21.3. The van der Waals surface area contributed by atoms with Crippen LogP contribution in [0, 0.1) is 5.92 Å². The molecular weight excluding hydrogens is 454 g/mol. The first-order valence-electron chi connectivity index (χ1n) is 13.4. The number of hydrogen-bond acceptors (Lipinski definition) is 6. The van der Waals surface area contributed by atoms with Crippen LogP contribution in [0.5, 0.6) is 5.75 Å². The number of aryl methyl sites for hydroxylation is 2. The summed E-state index contributed by atoms with van der Waals surface area (Å²) in [5, 5.41) is 3.37. The molecule has 0 spiro atoms. The Bertz CT molecular complexity index is 1090. The molecular formula is C29H37N3O4. The normalized spacial score (nSPS) is 18.0. The molecule has 2 aromatic rings. The number of nitrogens with one attached hydrogen (secondary N) is 1. The third-order valence-electron chi connectivity index (χ3n) is 7.96. The van der Waals surface area contributed by atoms with Gasteiger partial charge < -0.3 is 19.7 Å². The van der Waals surface area contributed by atoms with E-state index in [-0.39, 0.29) is 17.8 Å². The van der Waals surface area contributed by atoms with Crippen molar-refractivity contribution in [1.82, 2.24) is 9.88 Å². The number of amides is 1. The summed E-state index contributed by atoms with van der Waals surface area (Å²) in [5.74, 6) is 2.61. The molecule has 1 aromatic heterocycles. The number of carbonyl (C=O) groups excluding carboxylic acids is 2. The third-order valence-corrected chi connectivity index (χ3v) is 7.96. The van der Waals surface area contributed by atoms with E-state index in [1.807, 2.05) is 11.0 Å². The van der Waals surface area contributed by atoms with Gasteiger partial charge in [-0.05, 0) is 79.2 Å². The summed E-state index contributed by atoms with van der Waals surface area (Å²) in [6.07, 6.45) is 7.58. The zero-order chi connectivity index (χ0) is 24.9. The van der Waals surface area contributed by atoms with Gasteiger partial charge in [0.1, 0.15) is 11.6 Å². The fourth-order valence-electron chi connectivity index (χ4n) is 5.80. The van der Waals surface area contributed by atoms with Gasteiger partial charge in [-0.25, -0.2) is 4.98 Å². The molecule has 0 saturated carbocycles. The van der Waals surface area contributed by atoms with Crippen molar-refractivity contribution < 1.29 is 19.1 Å². The Kier molecular flexibility index (Phi) is 7.73. The number of anilines is 1. The van der Waals surface area contributed by atoms with Crippen LogP contribution >= 0.6 is 0 Å². The molecule has 0 aliphatic carbocycles. The second-order valence-electron chi connectivity index (χ2n) is 10.3. The fourth-order valence-corrected chi connectivity index (χ4v) is 5.80. The van der Waals surface area contributed by atoms with E-state index in [0.717, 1.165) is 82.0 Å². The van der Waals surface area contributed by atoms with Crippen LogP contribution in [0.2, 0.25) is 0 Å². The van der Waals surface area contributed by atoms with Crippen LogP contribution in [0.3, 0.4) is 0 Å². The van der Waals surface area contributed by atoms with E-state index in [1.54, 1.807) is 0 Å². The van der Waals surface area contributed by atoms with Crippen LogP contribution in [0.15, 0.2) is 30.3 Å². The van der Waals surface area contributed by atoms with Crippen molar-refractivity contribution >= 4 is 17.7 Å². The SMILES string of the molecule is COC(=O)CC(CC1CCN(C(=O)CCc2ccc3c(n2)NCCC3)CC1)c1ccc2c(c1)CCO2. The number of pyridine rings is 1. The molecule has 4 heterocycles. The number of esters is 1. The lowest BCUT2D eigenvalue weighted by molar-refractivity contribution is -0.141. The maximum Gasteiger partial charge on any atom is 0.306 e. The highest BCUT2D eigenvalue weighted by Crippen LogP contribution is 2.36. The minimum Gasteiger partial charge on any atom is -0.493 e. The predicted molar refractivity (Wildman–Crippen MR) is 138 cm³/mol. The number of hydrogen-bond donors (Lipinski definition) is 1. The van der Waals surface area contributed by atoms with Gasteiger partial charge in [0.25, 0.3) is 0 Å². The molecule has 1 N–H and O–H groups in total. The van der Waals surface area contributed by atoms with Crippen LogP contribution in [-0.4, -0.2) is 55.1 Å². The lowest BCUT2D eigenvalue weighted by Crippen LogP contribution is -2.39. The lowest BCUT2D eigenvalue weighted by Gasteiger charge is -2.34. The molecule has 1 fully saturated rings. The van der Waals surface area contributed by atoms with Gasteiger partial charge in [-0.2, -0.15) is 0 Å². The number of fused-ring (bicyclic) bond motifs is 2. The number of methoxy groups -OCH3 is 1. The van der Waals surface area contributed by atoms with E-state index in [4.69, 9.17) is 14.5 Å². The molecule has 0 bridgehead atoms. The Labute approximate surface area is 213 Å². The van der Waals surface area contributed by atoms with E-state index in [2.05, 4.69) is 29.6 Å². The summed E-state index contributed by atoms with van der Waals surface area (Å²) < 4.78 is 10.7. The molecule has 192 valence electrons. The Morgan fingerprint density at radius 3 is 2.86 bits per heavy atom. The van der Waals surface area contributed by atoms with Gasteiger partial charge in [-0.3, -0.25) is 9.59 Å². The number of benzene rings is 1. The molecule has 1 aromatic carbocycles. The molecule has 1 atom stereocenters. The maximum atomic E-state index is 12.9. The van der Waals surface area contributed by atoms with E-state index in [0.29, 0.717) is 25.2 Å². The molecule has 3 aliphatic rings. The van der Waals surface area contributed by atoms with Crippen LogP contribution in [-0.2, 0) is 33.6 Å². The van der Waals surface area contributed by atoms with Gasteiger partial charge in [-0.1, -0.05) is 18.2 Å². The monoisotopic (exact) mass is 491 g/mol. The average Bonchev–Trinajstić information content (AvgIpc) is 3.39. The van der Waals surface area contributed by atoms with Gasteiger partial charge in [0.05, 0.1) is 20.1 Å². The maximum absolute atomic E-state index is 12.9. The van der Waals surface area contributed by atoms with E-state index >= 15 is 0 Å². The van der Waals surface area contributed by atoms with Crippen molar-refractivity contribution in [3.8, 4) is 5.75 Å². The third kappa shape index (κ3) is 5.82.